The molecule has 9 heteroatoms. The number of carbonyl (C=O) groups is 2. The number of rotatable bonds is 11. The van der Waals surface area contributed by atoms with Crippen LogP contribution in [0.4, 0.5) is 11.4 Å². The highest BCUT2D eigenvalue weighted by Gasteiger charge is 2.35. The van der Waals surface area contributed by atoms with Gasteiger partial charge in [-0.25, -0.2) is 0 Å². The van der Waals surface area contributed by atoms with E-state index in [9.17, 15) is 14.9 Å². The van der Waals surface area contributed by atoms with Gasteiger partial charge in [-0.1, -0.05) is 42.1 Å². The van der Waals surface area contributed by atoms with Crippen LogP contribution in [0.1, 0.15) is 32.3 Å². The zero-order valence-corrected chi connectivity index (χ0v) is 24.0. The van der Waals surface area contributed by atoms with Crippen molar-refractivity contribution in [1.29, 1.82) is 5.26 Å². The monoisotopic (exact) mass is 568 g/mol. The van der Waals surface area contributed by atoms with Crippen LogP contribution in [0.15, 0.2) is 101 Å². The number of nitrogens with one attached hydrogen (secondary N) is 3. The molecule has 0 spiro atoms. The molecule has 8 nitrogen and oxygen atoms in total. The third-order valence-corrected chi connectivity index (χ3v) is 7.26. The first-order valence-corrected chi connectivity index (χ1v) is 14.3. The second-order valence-corrected chi connectivity index (χ2v) is 10.1. The summed E-state index contributed by atoms with van der Waals surface area (Å²) in [7, 11) is 0. The van der Waals surface area contributed by atoms with Gasteiger partial charge in [0.05, 0.1) is 41.6 Å². The maximum absolute atomic E-state index is 13.6. The normalized spacial score (nSPS) is 14.5. The molecule has 0 aromatic heterocycles. The molecule has 0 radical (unpaired) electrons. The van der Waals surface area contributed by atoms with Crippen molar-refractivity contribution < 1.29 is 19.1 Å². The van der Waals surface area contributed by atoms with E-state index in [0.717, 1.165) is 11.3 Å². The highest BCUT2D eigenvalue weighted by atomic mass is 32.2. The number of dihydropyridines is 1. The fraction of sp³-hybridized carbons (Fsp3) is 0.219. The lowest BCUT2D eigenvalue weighted by Crippen LogP contribution is -2.31. The van der Waals surface area contributed by atoms with Crippen molar-refractivity contribution >= 4 is 35.0 Å². The van der Waals surface area contributed by atoms with Crippen LogP contribution in [0.25, 0.3) is 0 Å². The van der Waals surface area contributed by atoms with Crippen LogP contribution in [-0.2, 0) is 9.59 Å². The summed E-state index contributed by atoms with van der Waals surface area (Å²) in [6.07, 6.45) is 0. The van der Waals surface area contributed by atoms with Crippen molar-refractivity contribution in [3.8, 4) is 17.6 Å². The average Bonchev–Trinajstić information content (AvgIpc) is 2.98. The maximum atomic E-state index is 13.6. The summed E-state index contributed by atoms with van der Waals surface area (Å²) in [6.45, 7) is 6.71. The van der Waals surface area contributed by atoms with Crippen LogP contribution in [-0.4, -0.2) is 30.8 Å². The molecule has 210 valence electrons. The molecule has 1 aliphatic heterocycles. The number of benzene rings is 3. The third kappa shape index (κ3) is 7.50. The summed E-state index contributed by atoms with van der Waals surface area (Å²) < 4.78 is 11.0. The number of amides is 2. The van der Waals surface area contributed by atoms with E-state index in [-0.39, 0.29) is 17.6 Å². The van der Waals surface area contributed by atoms with Crippen molar-refractivity contribution in [2.24, 2.45) is 0 Å². The number of carbonyl (C=O) groups excluding carboxylic acids is 2. The summed E-state index contributed by atoms with van der Waals surface area (Å²) >= 11 is 1.22. The van der Waals surface area contributed by atoms with Crippen molar-refractivity contribution in [2.45, 2.75) is 26.7 Å². The number of hydrogen-bond donors (Lipinski definition) is 3. The second-order valence-electron chi connectivity index (χ2n) is 9.07. The molecule has 2 amide bonds. The summed E-state index contributed by atoms with van der Waals surface area (Å²) in [5.74, 6) is 0.310. The molecular formula is C32H32N4O4S. The Morgan fingerprint density at radius 2 is 1.46 bits per heavy atom. The maximum Gasteiger partial charge on any atom is 0.254 e. The SMILES string of the molecule is CCOc1ccc(NC(=O)CSC2=C(C#N)[C@H](c3ccc(OCC)cc3)C(C(=O)Nc3ccccc3)=C(C)N2)cc1. The predicted molar refractivity (Wildman–Crippen MR) is 163 cm³/mol. The number of nitriles is 1. The fourth-order valence-electron chi connectivity index (χ4n) is 4.44. The van der Waals surface area contributed by atoms with E-state index < -0.39 is 5.92 Å². The number of para-hydroxylation sites is 1. The molecular weight excluding hydrogens is 536 g/mol. The molecule has 41 heavy (non-hydrogen) atoms. The minimum absolute atomic E-state index is 0.0650. The smallest absolute Gasteiger partial charge is 0.254 e. The number of anilines is 2. The molecule has 0 bridgehead atoms. The largest absolute Gasteiger partial charge is 0.494 e. The van der Waals surface area contributed by atoms with Gasteiger partial charge in [0, 0.05) is 22.6 Å². The van der Waals surface area contributed by atoms with Gasteiger partial charge in [0.1, 0.15) is 11.5 Å². The number of hydrogen-bond acceptors (Lipinski definition) is 7. The Morgan fingerprint density at radius 1 is 0.878 bits per heavy atom. The summed E-state index contributed by atoms with van der Waals surface area (Å²) in [5, 5.41) is 19.9. The van der Waals surface area contributed by atoms with Gasteiger partial charge in [-0.05, 0) is 74.9 Å². The molecule has 1 atom stereocenters. The number of nitrogens with zero attached hydrogens (tertiary/aromatic N) is 1. The Hall–Kier alpha value is -4.68. The molecule has 0 aliphatic carbocycles. The van der Waals surface area contributed by atoms with Crippen LogP contribution in [0, 0.1) is 11.3 Å². The van der Waals surface area contributed by atoms with E-state index in [1.165, 1.54) is 11.8 Å². The predicted octanol–water partition coefficient (Wildman–Crippen LogP) is 6.19. The lowest BCUT2D eigenvalue weighted by Gasteiger charge is -2.30. The zero-order valence-electron chi connectivity index (χ0n) is 23.2. The quantitative estimate of drug-likeness (QED) is 0.253. The van der Waals surface area contributed by atoms with Crippen molar-refractivity contribution in [1.82, 2.24) is 5.32 Å². The summed E-state index contributed by atoms with van der Waals surface area (Å²) in [4.78, 5) is 26.4. The number of thioether (sulfide) groups is 1. The van der Waals surface area contributed by atoms with Crippen LogP contribution >= 0.6 is 11.8 Å². The topological polar surface area (TPSA) is 112 Å². The van der Waals surface area contributed by atoms with Gasteiger partial charge in [0.25, 0.3) is 5.91 Å². The minimum atomic E-state index is -0.641. The highest BCUT2D eigenvalue weighted by Crippen LogP contribution is 2.41. The standard InChI is InChI=1S/C32H32N4O4S/c1-4-39-25-15-11-22(12-16-25)30-27(19-33)32(34-21(3)29(30)31(38)36-23-9-7-6-8-10-23)41-20-28(37)35-24-13-17-26(18-14-24)40-5-2/h6-18,30,34H,4-5,20H2,1-3H3,(H,35,37)(H,36,38)/t30-/m0/s1. The minimum Gasteiger partial charge on any atom is -0.494 e. The Kier molecular flexibility index (Phi) is 10.1. The Morgan fingerprint density at radius 3 is 2.05 bits per heavy atom. The molecule has 1 aliphatic rings. The molecule has 3 N–H and O–H groups in total. The summed E-state index contributed by atoms with van der Waals surface area (Å²) in [6, 6.07) is 26.0. The fourth-order valence-corrected chi connectivity index (χ4v) is 5.33. The van der Waals surface area contributed by atoms with Gasteiger partial charge in [-0.3, -0.25) is 9.59 Å². The van der Waals surface area contributed by atoms with Crippen LogP contribution in [0.3, 0.4) is 0 Å². The van der Waals surface area contributed by atoms with Crippen LogP contribution < -0.4 is 25.4 Å². The van der Waals surface area contributed by atoms with Crippen molar-refractivity contribution in [2.75, 3.05) is 29.6 Å². The first-order valence-electron chi connectivity index (χ1n) is 13.3. The highest BCUT2D eigenvalue weighted by molar-refractivity contribution is 8.03. The molecule has 0 fully saturated rings. The number of ether oxygens (including phenoxy) is 2. The van der Waals surface area contributed by atoms with Crippen LogP contribution in [0.2, 0.25) is 0 Å². The van der Waals surface area contributed by atoms with Gasteiger partial charge in [-0.2, -0.15) is 5.26 Å². The lowest BCUT2D eigenvalue weighted by molar-refractivity contribution is -0.114. The summed E-state index contributed by atoms with van der Waals surface area (Å²) in [5.41, 5.74) is 3.45. The van der Waals surface area contributed by atoms with E-state index in [4.69, 9.17) is 9.47 Å². The van der Waals surface area contributed by atoms with Gasteiger partial charge in [0.2, 0.25) is 5.91 Å². The Bertz CT molecular complexity index is 1480. The Labute approximate surface area is 244 Å². The third-order valence-electron chi connectivity index (χ3n) is 6.24. The van der Waals surface area contributed by atoms with E-state index >= 15 is 0 Å². The average molecular weight is 569 g/mol. The van der Waals surface area contributed by atoms with Gasteiger partial charge >= 0.3 is 0 Å². The van der Waals surface area contributed by atoms with Crippen LogP contribution in [0.5, 0.6) is 11.5 Å². The first kappa shape index (κ1) is 29.3. The molecule has 1 heterocycles. The van der Waals surface area contributed by atoms with E-state index in [1.807, 2.05) is 56.3 Å². The van der Waals surface area contributed by atoms with E-state index in [1.54, 1.807) is 43.3 Å². The molecule has 0 unspecified atom stereocenters. The lowest BCUT2D eigenvalue weighted by atomic mass is 9.82. The van der Waals surface area contributed by atoms with E-state index in [0.29, 0.717) is 52.2 Å². The molecule has 3 aromatic carbocycles. The van der Waals surface area contributed by atoms with Crippen molar-refractivity contribution in [3.63, 3.8) is 0 Å². The Balaban J connectivity index is 1.59. The van der Waals surface area contributed by atoms with Gasteiger partial charge in [0.15, 0.2) is 0 Å². The zero-order chi connectivity index (χ0) is 29.2. The van der Waals surface area contributed by atoms with Gasteiger partial charge < -0.3 is 25.4 Å². The molecule has 0 saturated carbocycles. The van der Waals surface area contributed by atoms with Gasteiger partial charge in [-0.15, -0.1) is 0 Å². The molecule has 0 saturated heterocycles. The van der Waals surface area contributed by atoms with Crippen molar-refractivity contribution in [3.05, 3.63) is 106 Å². The molecule has 3 aromatic rings. The number of allylic oxidation sites excluding steroid dienone is 2. The van der Waals surface area contributed by atoms with E-state index in [2.05, 4.69) is 22.0 Å². The molecule has 4 rings (SSSR count). The second kappa shape index (κ2) is 14.1. The first-order chi connectivity index (χ1) is 19.9.